The molecule has 0 aliphatic carbocycles. The van der Waals surface area contributed by atoms with Gasteiger partial charge in [-0.15, -0.1) is 0 Å². The van der Waals surface area contributed by atoms with E-state index in [-0.39, 0.29) is 11.4 Å². The fraction of sp³-hybridized carbons (Fsp3) is 0.333. The Bertz CT molecular complexity index is 1040. The molecule has 1 fully saturated rings. The lowest BCUT2D eigenvalue weighted by Gasteiger charge is -2.29. The molecule has 0 saturated carbocycles. The third-order valence-electron chi connectivity index (χ3n) is 5.12. The van der Waals surface area contributed by atoms with Crippen LogP contribution in [0.4, 0.5) is 14.6 Å². The zero-order valence-electron chi connectivity index (χ0n) is 14.7. The number of rotatable bonds is 3. The highest BCUT2D eigenvalue weighted by Gasteiger charge is 2.55. The van der Waals surface area contributed by atoms with Crippen LogP contribution < -0.4 is 5.73 Å². The number of hydrogen-bond donors (Lipinski definition) is 4. The lowest BCUT2D eigenvalue weighted by atomic mass is 9.88. The smallest absolute Gasteiger partial charge is 0.164 e. The summed E-state index contributed by atoms with van der Waals surface area (Å²) in [4.78, 5) is 8.01. The van der Waals surface area contributed by atoms with E-state index in [1.807, 2.05) is 0 Å². The van der Waals surface area contributed by atoms with E-state index in [1.165, 1.54) is 23.9 Å². The molecule has 3 heterocycles. The molecule has 1 aliphatic heterocycles. The SMILES string of the molecule is C[C@@]1(O)[C@@H](C(O)c2ccc(F)c(F)c2)O[C@@H](n2ccc3c(N)ncnc32)[C@@H]1O. The second-order valence-electron chi connectivity index (χ2n) is 6.96. The average molecular weight is 392 g/mol. The molecule has 1 unspecified atom stereocenters. The van der Waals surface area contributed by atoms with E-state index in [1.54, 1.807) is 12.3 Å². The molecule has 5 atom stereocenters. The van der Waals surface area contributed by atoms with Crippen molar-refractivity contribution in [2.24, 2.45) is 0 Å². The number of aliphatic hydroxyl groups is 3. The Morgan fingerprint density at radius 2 is 2.00 bits per heavy atom. The number of hydrogen-bond acceptors (Lipinski definition) is 7. The zero-order chi connectivity index (χ0) is 20.2. The topological polar surface area (TPSA) is 127 Å². The van der Waals surface area contributed by atoms with Crippen LogP contribution in [0.15, 0.2) is 36.8 Å². The lowest BCUT2D eigenvalue weighted by molar-refractivity contribution is -0.115. The van der Waals surface area contributed by atoms with Gasteiger partial charge in [0.2, 0.25) is 0 Å². The van der Waals surface area contributed by atoms with E-state index in [9.17, 15) is 24.1 Å². The van der Waals surface area contributed by atoms with Crippen LogP contribution in [-0.2, 0) is 4.74 Å². The first-order valence-corrected chi connectivity index (χ1v) is 8.47. The molecule has 0 bridgehead atoms. The second-order valence-corrected chi connectivity index (χ2v) is 6.96. The highest BCUT2D eigenvalue weighted by atomic mass is 19.2. The zero-order valence-corrected chi connectivity index (χ0v) is 14.7. The summed E-state index contributed by atoms with van der Waals surface area (Å²) in [5.74, 6) is -1.97. The van der Waals surface area contributed by atoms with E-state index in [4.69, 9.17) is 10.5 Å². The van der Waals surface area contributed by atoms with Crippen LogP contribution in [0.3, 0.4) is 0 Å². The Balaban J connectivity index is 1.71. The van der Waals surface area contributed by atoms with Crippen molar-refractivity contribution in [3.05, 3.63) is 54.0 Å². The Hall–Kier alpha value is -2.66. The molecule has 1 aliphatic rings. The van der Waals surface area contributed by atoms with Crippen LogP contribution in [-0.4, -0.2) is 47.7 Å². The largest absolute Gasteiger partial charge is 0.386 e. The van der Waals surface area contributed by atoms with Gasteiger partial charge in [-0.1, -0.05) is 6.07 Å². The molecule has 0 amide bonds. The third kappa shape index (κ3) is 2.73. The normalized spacial score (nSPS) is 28.7. The summed E-state index contributed by atoms with van der Waals surface area (Å²) >= 11 is 0. The van der Waals surface area contributed by atoms with Gasteiger partial charge in [0.05, 0.1) is 5.39 Å². The van der Waals surface area contributed by atoms with Crippen molar-refractivity contribution in [2.75, 3.05) is 5.73 Å². The first-order chi connectivity index (χ1) is 13.2. The predicted molar refractivity (Wildman–Crippen MR) is 93.8 cm³/mol. The lowest BCUT2D eigenvalue weighted by Crippen LogP contribution is -2.47. The number of aliphatic hydroxyl groups excluding tert-OH is 2. The first kappa shape index (κ1) is 18.7. The number of anilines is 1. The van der Waals surface area contributed by atoms with Crippen molar-refractivity contribution < 1.29 is 28.8 Å². The number of nitrogen functional groups attached to an aromatic ring is 1. The summed E-state index contributed by atoms with van der Waals surface area (Å²) in [7, 11) is 0. The Kier molecular flexibility index (Phi) is 4.31. The summed E-state index contributed by atoms with van der Waals surface area (Å²) < 4.78 is 33.9. The van der Waals surface area contributed by atoms with Gasteiger partial charge in [0, 0.05) is 6.20 Å². The molecule has 28 heavy (non-hydrogen) atoms. The van der Waals surface area contributed by atoms with Crippen LogP contribution in [0.5, 0.6) is 0 Å². The van der Waals surface area contributed by atoms with Crippen LogP contribution in [0.2, 0.25) is 0 Å². The maximum atomic E-state index is 13.5. The number of benzene rings is 1. The molecule has 0 radical (unpaired) electrons. The predicted octanol–water partition coefficient (Wildman–Crippen LogP) is 1.03. The van der Waals surface area contributed by atoms with Crippen molar-refractivity contribution >= 4 is 16.9 Å². The summed E-state index contributed by atoms with van der Waals surface area (Å²) in [6, 6.07) is 4.50. The molecule has 1 saturated heterocycles. The van der Waals surface area contributed by atoms with E-state index < -0.39 is 41.8 Å². The molecule has 4 rings (SSSR count). The first-order valence-electron chi connectivity index (χ1n) is 8.47. The fourth-order valence-corrected chi connectivity index (χ4v) is 3.50. The summed E-state index contributed by atoms with van der Waals surface area (Å²) in [5.41, 5.74) is 4.28. The highest BCUT2D eigenvalue weighted by Crippen LogP contribution is 2.43. The number of nitrogens with zero attached hydrogens (tertiary/aromatic N) is 3. The molecular formula is C18H18F2N4O4. The van der Waals surface area contributed by atoms with Crippen molar-refractivity contribution in [1.82, 2.24) is 14.5 Å². The minimum atomic E-state index is -1.90. The molecule has 10 heteroatoms. The van der Waals surface area contributed by atoms with Gasteiger partial charge in [-0.25, -0.2) is 18.7 Å². The van der Waals surface area contributed by atoms with Gasteiger partial charge in [0.1, 0.15) is 41.7 Å². The number of aromatic nitrogens is 3. The molecular weight excluding hydrogens is 374 g/mol. The molecule has 2 aromatic heterocycles. The minimum Gasteiger partial charge on any atom is -0.386 e. The van der Waals surface area contributed by atoms with Gasteiger partial charge in [-0.2, -0.15) is 0 Å². The van der Waals surface area contributed by atoms with Gasteiger partial charge in [0.15, 0.2) is 17.9 Å². The molecule has 5 N–H and O–H groups in total. The van der Waals surface area contributed by atoms with Crippen LogP contribution in [0, 0.1) is 11.6 Å². The maximum absolute atomic E-state index is 13.5. The van der Waals surface area contributed by atoms with Crippen molar-refractivity contribution in [1.29, 1.82) is 0 Å². The number of fused-ring (bicyclic) bond motifs is 1. The molecule has 1 aromatic carbocycles. The van der Waals surface area contributed by atoms with Gasteiger partial charge in [0.25, 0.3) is 0 Å². The van der Waals surface area contributed by atoms with Gasteiger partial charge in [-0.05, 0) is 30.7 Å². The highest BCUT2D eigenvalue weighted by molar-refractivity contribution is 5.86. The number of nitrogens with two attached hydrogens (primary N) is 1. The van der Waals surface area contributed by atoms with Crippen LogP contribution >= 0.6 is 0 Å². The second kappa shape index (κ2) is 6.45. The summed E-state index contributed by atoms with van der Waals surface area (Å²) in [5, 5.41) is 32.6. The summed E-state index contributed by atoms with van der Waals surface area (Å²) in [6.07, 6.45) is -2.59. The number of ether oxygens (including phenoxy) is 1. The fourth-order valence-electron chi connectivity index (χ4n) is 3.50. The Labute approximate surface area is 157 Å². The summed E-state index contributed by atoms with van der Waals surface area (Å²) in [6.45, 7) is 1.29. The Morgan fingerprint density at radius 3 is 2.71 bits per heavy atom. The van der Waals surface area contributed by atoms with Crippen molar-refractivity contribution in [3.8, 4) is 0 Å². The molecule has 3 aromatic rings. The van der Waals surface area contributed by atoms with E-state index in [2.05, 4.69) is 9.97 Å². The maximum Gasteiger partial charge on any atom is 0.164 e. The monoisotopic (exact) mass is 392 g/mol. The molecule has 0 spiro atoms. The molecule has 148 valence electrons. The molecule has 8 nitrogen and oxygen atoms in total. The number of halogens is 2. The van der Waals surface area contributed by atoms with E-state index in [0.29, 0.717) is 11.0 Å². The van der Waals surface area contributed by atoms with Crippen molar-refractivity contribution in [3.63, 3.8) is 0 Å². The third-order valence-corrected chi connectivity index (χ3v) is 5.12. The van der Waals surface area contributed by atoms with Crippen LogP contribution in [0.1, 0.15) is 24.8 Å². The average Bonchev–Trinajstić information content (AvgIpc) is 3.17. The quantitative estimate of drug-likeness (QED) is 0.524. The van der Waals surface area contributed by atoms with Crippen molar-refractivity contribution in [2.45, 2.75) is 37.1 Å². The van der Waals surface area contributed by atoms with Gasteiger partial charge in [-0.3, -0.25) is 0 Å². The van der Waals surface area contributed by atoms with E-state index >= 15 is 0 Å². The van der Waals surface area contributed by atoms with E-state index in [0.717, 1.165) is 12.1 Å². The van der Waals surface area contributed by atoms with Gasteiger partial charge >= 0.3 is 0 Å². The standard InChI is InChI=1S/C18H18F2N4O4/c1-18(27)13(26)17(24-5-4-9-15(21)22-7-23-16(9)24)28-14(18)12(25)8-2-3-10(19)11(20)6-8/h2-7,12-14,17,25-27H,1H3,(H2,21,22,23)/t12?,13-,14+,17+,18-/m0/s1. The Morgan fingerprint density at radius 1 is 1.25 bits per heavy atom. The minimum absolute atomic E-state index is 0.000888. The van der Waals surface area contributed by atoms with Crippen LogP contribution in [0.25, 0.3) is 11.0 Å². The van der Waals surface area contributed by atoms with Gasteiger partial charge < -0.3 is 30.4 Å².